The molecule has 1 aromatic rings. The van der Waals surface area contributed by atoms with Crippen molar-refractivity contribution in [2.24, 2.45) is 5.41 Å². The maximum Gasteiger partial charge on any atom is 0.285 e. The Morgan fingerprint density at radius 3 is 2.72 bits per heavy atom. The molecule has 0 atom stereocenters. The van der Waals surface area contributed by atoms with Gasteiger partial charge in [-0.15, -0.1) is 0 Å². The smallest absolute Gasteiger partial charge is 0.285 e. The Morgan fingerprint density at radius 1 is 1.56 bits per heavy atom. The summed E-state index contributed by atoms with van der Waals surface area (Å²) in [7, 11) is 0. The SMILES string of the molecule is N#CC1(C(=O)Nc2ccc(Br)c([N+](=O)[O-])c2)CC1. The molecule has 0 bridgehead atoms. The first kappa shape index (κ1) is 12.5. The maximum absolute atomic E-state index is 11.8. The zero-order valence-electron chi connectivity index (χ0n) is 9.14. The lowest BCUT2D eigenvalue weighted by atomic mass is 10.1. The molecular formula is C11H8BrN3O3. The van der Waals surface area contributed by atoms with Gasteiger partial charge in [-0.1, -0.05) is 0 Å². The van der Waals surface area contributed by atoms with E-state index in [1.165, 1.54) is 12.1 Å². The van der Waals surface area contributed by atoms with Crippen LogP contribution >= 0.6 is 15.9 Å². The average molecular weight is 310 g/mol. The van der Waals surface area contributed by atoms with Crippen LogP contribution in [0.4, 0.5) is 11.4 Å². The Labute approximate surface area is 111 Å². The summed E-state index contributed by atoms with van der Waals surface area (Å²) >= 11 is 3.06. The number of anilines is 1. The zero-order valence-corrected chi connectivity index (χ0v) is 10.7. The van der Waals surface area contributed by atoms with Gasteiger partial charge in [0.15, 0.2) is 0 Å². The first-order chi connectivity index (χ1) is 8.48. The first-order valence-corrected chi connectivity index (χ1v) is 5.94. The van der Waals surface area contributed by atoms with Crippen molar-refractivity contribution in [3.05, 3.63) is 32.8 Å². The highest BCUT2D eigenvalue weighted by atomic mass is 79.9. The molecule has 0 unspecified atom stereocenters. The molecule has 7 heteroatoms. The van der Waals surface area contributed by atoms with E-state index in [4.69, 9.17) is 5.26 Å². The molecule has 0 saturated heterocycles. The van der Waals surface area contributed by atoms with Crippen LogP contribution in [0.2, 0.25) is 0 Å². The number of nitrogens with zero attached hydrogens (tertiary/aromatic N) is 2. The molecule has 18 heavy (non-hydrogen) atoms. The molecule has 1 N–H and O–H groups in total. The Balaban J connectivity index is 2.21. The van der Waals surface area contributed by atoms with E-state index in [9.17, 15) is 14.9 Å². The van der Waals surface area contributed by atoms with E-state index in [0.29, 0.717) is 23.0 Å². The number of nitrogens with one attached hydrogen (secondary N) is 1. The van der Waals surface area contributed by atoms with Crippen LogP contribution in [0.25, 0.3) is 0 Å². The number of benzene rings is 1. The number of nitriles is 1. The van der Waals surface area contributed by atoms with Crippen molar-refractivity contribution in [2.75, 3.05) is 5.32 Å². The number of carbonyl (C=O) groups excluding carboxylic acids is 1. The molecule has 92 valence electrons. The molecule has 1 aromatic carbocycles. The fraction of sp³-hybridized carbons (Fsp3) is 0.273. The van der Waals surface area contributed by atoms with Crippen LogP contribution in [-0.4, -0.2) is 10.8 Å². The quantitative estimate of drug-likeness (QED) is 0.685. The maximum atomic E-state index is 11.8. The molecule has 0 aliphatic heterocycles. The molecule has 0 aromatic heterocycles. The van der Waals surface area contributed by atoms with Crippen LogP contribution in [-0.2, 0) is 4.79 Å². The summed E-state index contributed by atoms with van der Waals surface area (Å²) < 4.78 is 0.340. The molecule has 1 aliphatic carbocycles. The molecule has 0 radical (unpaired) electrons. The van der Waals surface area contributed by atoms with Gasteiger partial charge in [0.2, 0.25) is 5.91 Å². The molecule has 1 fully saturated rings. The van der Waals surface area contributed by atoms with Crippen molar-refractivity contribution in [2.45, 2.75) is 12.8 Å². The fourth-order valence-electron chi connectivity index (χ4n) is 1.50. The molecule has 0 heterocycles. The van der Waals surface area contributed by atoms with Gasteiger partial charge in [-0.3, -0.25) is 14.9 Å². The molecule has 2 rings (SSSR count). The van der Waals surface area contributed by atoms with E-state index >= 15 is 0 Å². The van der Waals surface area contributed by atoms with Crippen LogP contribution in [0.1, 0.15) is 12.8 Å². The van der Waals surface area contributed by atoms with Crippen molar-refractivity contribution in [1.29, 1.82) is 5.26 Å². The van der Waals surface area contributed by atoms with E-state index in [-0.39, 0.29) is 5.69 Å². The van der Waals surface area contributed by atoms with Gasteiger partial charge in [0, 0.05) is 11.8 Å². The van der Waals surface area contributed by atoms with Gasteiger partial charge >= 0.3 is 0 Å². The standard InChI is InChI=1S/C11H8BrN3O3/c12-8-2-1-7(5-9(8)15(17)18)14-10(16)11(6-13)3-4-11/h1-2,5H,3-4H2,(H,14,16). The third kappa shape index (κ3) is 2.19. The number of rotatable bonds is 3. The second-order valence-electron chi connectivity index (χ2n) is 4.07. The summed E-state index contributed by atoms with van der Waals surface area (Å²) in [6, 6.07) is 6.26. The minimum absolute atomic E-state index is 0.130. The van der Waals surface area contributed by atoms with Crippen LogP contribution in [0.5, 0.6) is 0 Å². The van der Waals surface area contributed by atoms with E-state index in [0.717, 1.165) is 0 Å². The Hall–Kier alpha value is -1.94. The van der Waals surface area contributed by atoms with Gasteiger partial charge in [-0.2, -0.15) is 5.26 Å². The highest BCUT2D eigenvalue weighted by Gasteiger charge is 2.50. The number of halogens is 1. The van der Waals surface area contributed by atoms with Gasteiger partial charge in [0.1, 0.15) is 5.41 Å². The Bertz CT molecular complexity index is 575. The third-order valence-corrected chi connectivity index (χ3v) is 3.47. The van der Waals surface area contributed by atoms with Crippen LogP contribution in [0, 0.1) is 26.9 Å². The number of nitro benzene ring substituents is 1. The van der Waals surface area contributed by atoms with Crippen molar-refractivity contribution < 1.29 is 9.72 Å². The van der Waals surface area contributed by atoms with Gasteiger partial charge in [-0.05, 0) is 40.9 Å². The van der Waals surface area contributed by atoms with Crippen LogP contribution < -0.4 is 5.32 Å². The van der Waals surface area contributed by atoms with Crippen molar-refractivity contribution in [1.82, 2.24) is 0 Å². The molecule has 1 amide bonds. The second-order valence-corrected chi connectivity index (χ2v) is 4.93. The minimum Gasteiger partial charge on any atom is -0.324 e. The predicted octanol–water partition coefficient (Wildman–Crippen LogP) is 2.60. The summed E-state index contributed by atoms with van der Waals surface area (Å²) in [5, 5.41) is 22.1. The summed E-state index contributed by atoms with van der Waals surface area (Å²) in [6.07, 6.45) is 1.07. The highest BCUT2D eigenvalue weighted by molar-refractivity contribution is 9.10. The average Bonchev–Trinajstić information content (AvgIpc) is 3.12. The lowest BCUT2D eigenvalue weighted by Gasteiger charge is -2.08. The lowest BCUT2D eigenvalue weighted by molar-refractivity contribution is -0.385. The topological polar surface area (TPSA) is 96.0 Å². The van der Waals surface area contributed by atoms with Crippen molar-refractivity contribution >= 4 is 33.2 Å². The van der Waals surface area contributed by atoms with E-state index in [1.807, 2.05) is 6.07 Å². The first-order valence-electron chi connectivity index (χ1n) is 5.15. The van der Waals surface area contributed by atoms with Gasteiger partial charge < -0.3 is 5.32 Å². The zero-order chi connectivity index (χ0) is 13.3. The third-order valence-electron chi connectivity index (χ3n) is 2.80. The minimum atomic E-state index is -0.943. The number of amides is 1. The summed E-state index contributed by atoms with van der Waals surface area (Å²) in [5.74, 6) is -0.401. The molecule has 6 nitrogen and oxygen atoms in total. The molecular weight excluding hydrogens is 302 g/mol. The predicted molar refractivity (Wildman–Crippen MR) is 66.7 cm³/mol. The Morgan fingerprint density at radius 2 is 2.22 bits per heavy atom. The number of hydrogen-bond donors (Lipinski definition) is 1. The molecule has 1 aliphatic rings. The lowest BCUT2D eigenvalue weighted by Crippen LogP contribution is -2.22. The van der Waals surface area contributed by atoms with Gasteiger partial charge in [0.05, 0.1) is 15.5 Å². The van der Waals surface area contributed by atoms with E-state index in [2.05, 4.69) is 21.2 Å². The summed E-state index contributed by atoms with van der Waals surface area (Å²) in [5.41, 5.74) is -0.756. The number of nitro groups is 1. The van der Waals surface area contributed by atoms with Crippen LogP contribution in [0.3, 0.4) is 0 Å². The second kappa shape index (κ2) is 4.38. The summed E-state index contributed by atoms with van der Waals surface area (Å²) in [6.45, 7) is 0. The Kier molecular flexibility index (Phi) is 3.05. The van der Waals surface area contributed by atoms with Gasteiger partial charge in [-0.25, -0.2) is 0 Å². The van der Waals surface area contributed by atoms with Crippen molar-refractivity contribution in [3.8, 4) is 6.07 Å². The van der Waals surface area contributed by atoms with E-state index < -0.39 is 16.2 Å². The monoisotopic (exact) mass is 309 g/mol. The van der Waals surface area contributed by atoms with Crippen LogP contribution in [0.15, 0.2) is 22.7 Å². The fourth-order valence-corrected chi connectivity index (χ4v) is 1.89. The number of hydrogen-bond acceptors (Lipinski definition) is 4. The van der Waals surface area contributed by atoms with Crippen molar-refractivity contribution in [3.63, 3.8) is 0 Å². The normalized spacial score (nSPS) is 15.6. The molecule has 0 spiro atoms. The largest absolute Gasteiger partial charge is 0.324 e. The molecule has 1 saturated carbocycles. The summed E-state index contributed by atoms with van der Waals surface area (Å²) in [4.78, 5) is 22.0. The highest BCUT2D eigenvalue weighted by Crippen LogP contribution is 2.45. The van der Waals surface area contributed by atoms with Gasteiger partial charge in [0.25, 0.3) is 5.69 Å². The van der Waals surface area contributed by atoms with E-state index in [1.54, 1.807) is 6.07 Å². The number of carbonyl (C=O) groups is 1.